The summed E-state index contributed by atoms with van der Waals surface area (Å²) in [6.45, 7) is 7.54. The molecule has 2 aromatic rings. The Bertz CT molecular complexity index is 956. The monoisotopic (exact) mass is 511 g/mol. The van der Waals surface area contributed by atoms with Gasteiger partial charge in [0.05, 0.1) is 5.69 Å². The highest BCUT2D eigenvalue weighted by molar-refractivity contribution is 7.07. The highest BCUT2D eigenvalue weighted by Gasteiger charge is 2.33. The van der Waals surface area contributed by atoms with Gasteiger partial charge < -0.3 is 9.80 Å². The Morgan fingerprint density at radius 2 is 2.00 bits per heavy atom. The van der Waals surface area contributed by atoms with Gasteiger partial charge in [0.1, 0.15) is 5.15 Å². The molecule has 0 saturated carbocycles. The highest BCUT2D eigenvalue weighted by atomic mass is 35.5. The van der Waals surface area contributed by atoms with E-state index in [1.807, 2.05) is 23.8 Å². The van der Waals surface area contributed by atoms with E-state index >= 15 is 0 Å². The number of amides is 1. The molecule has 2 aromatic heterocycles. The predicted octanol–water partition coefficient (Wildman–Crippen LogP) is 5.91. The van der Waals surface area contributed by atoms with Gasteiger partial charge in [0.2, 0.25) is 0 Å². The van der Waals surface area contributed by atoms with Crippen LogP contribution in [0, 0.1) is 13.8 Å². The molecule has 0 aliphatic carbocycles. The summed E-state index contributed by atoms with van der Waals surface area (Å²) in [6, 6.07) is 3.68. The number of piperidine rings is 1. The molecule has 0 radical (unpaired) electrons. The normalized spacial score (nSPS) is 16.1. The van der Waals surface area contributed by atoms with Crippen LogP contribution in [0.4, 0.5) is 8.78 Å². The summed E-state index contributed by atoms with van der Waals surface area (Å²) in [4.78, 5) is 32.8. The Morgan fingerprint density at radius 3 is 2.59 bits per heavy atom. The van der Waals surface area contributed by atoms with Crippen molar-refractivity contribution in [2.75, 3.05) is 13.1 Å². The van der Waals surface area contributed by atoms with Gasteiger partial charge in [0.25, 0.3) is 5.91 Å². The standard InChI is InChI=1S/C25H32ClF2N3O2S/c1-16-13-22(26)29-18(3)23(16)21(32)6-4-5-17(2)30-10-7-20(8-11-30)31(25(33)24(27)28)14-19-9-12-34-15-19/h9,12-13,15,17,20,24H,4-8,10-11,14H2,1-3H3/t17-/m1/s1. The summed E-state index contributed by atoms with van der Waals surface area (Å²) in [5, 5.41) is 4.18. The summed E-state index contributed by atoms with van der Waals surface area (Å²) in [7, 11) is 0. The molecule has 1 fully saturated rings. The molecule has 186 valence electrons. The number of hydrogen-bond acceptors (Lipinski definition) is 5. The van der Waals surface area contributed by atoms with E-state index in [-0.39, 0.29) is 24.4 Å². The van der Waals surface area contributed by atoms with Crippen LogP contribution in [-0.4, -0.2) is 58.1 Å². The Morgan fingerprint density at radius 1 is 1.29 bits per heavy atom. The lowest BCUT2D eigenvalue weighted by Gasteiger charge is -2.40. The van der Waals surface area contributed by atoms with Crippen molar-refractivity contribution in [2.24, 2.45) is 0 Å². The maximum Gasteiger partial charge on any atom is 0.315 e. The Labute approximate surface area is 209 Å². The van der Waals surface area contributed by atoms with Crippen molar-refractivity contribution in [2.45, 2.75) is 77.9 Å². The van der Waals surface area contributed by atoms with Crippen LogP contribution in [0.25, 0.3) is 0 Å². The number of carbonyl (C=O) groups excluding carboxylic acids is 2. The fourth-order valence-corrected chi connectivity index (χ4v) is 5.75. The number of alkyl halides is 2. The SMILES string of the molecule is Cc1cc(Cl)nc(C)c1C(=O)CCC[C@@H](C)N1CCC(N(Cc2ccsc2)C(=O)C(F)F)CC1. The molecule has 0 spiro atoms. The van der Waals surface area contributed by atoms with Gasteiger partial charge in [-0.15, -0.1) is 0 Å². The molecule has 34 heavy (non-hydrogen) atoms. The second-order valence-electron chi connectivity index (χ2n) is 9.05. The lowest BCUT2D eigenvalue weighted by atomic mass is 9.97. The van der Waals surface area contributed by atoms with Crippen molar-refractivity contribution in [1.82, 2.24) is 14.8 Å². The zero-order chi connectivity index (χ0) is 24.8. The van der Waals surface area contributed by atoms with Crippen LogP contribution in [0.2, 0.25) is 5.15 Å². The van der Waals surface area contributed by atoms with Crippen molar-refractivity contribution in [3.63, 3.8) is 0 Å². The van der Waals surface area contributed by atoms with Crippen molar-refractivity contribution < 1.29 is 18.4 Å². The first-order chi connectivity index (χ1) is 16.2. The van der Waals surface area contributed by atoms with Gasteiger partial charge in [0.15, 0.2) is 5.78 Å². The smallest absolute Gasteiger partial charge is 0.315 e. The molecule has 5 nitrogen and oxygen atoms in total. The number of aromatic nitrogens is 1. The largest absolute Gasteiger partial charge is 0.330 e. The molecule has 0 unspecified atom stereocenters. The van der Waals surface area contributed by atoms with Gasteiger partial charge in [-0.1, -0.05) is 11.6 Å². The zero-order valence-electron chi connectivity index (χ0n) is 19.9. The van der Waals surface area contributed by atoms with E-state index in [1.165, 1.54) is 16.2 Å². The number of Topliss-reactive ketones (excluding diaryl/α,β-unsaturated/α-hetero) is 1. The molecule has 1 aliphatic rings. The van der Waals surface area contributed by atoms with E-state index in [4.69, 9.17) is 11.6 Å². The number of carbonyl (C=O) groups is 2. The minimum atomic E-state index is -2.99. The second kappa shape index (κ2) is 12.2. The first-order valence-corrected chi connectivity index (χ1v) is 13.0. The molecule has 0 bridgehead atoms. The number of ketones is 1. The van der Waals surface area contributed by atoms with E-state index in [1.54, 1.807) is 13.0 Å². The Balaban J connectivity index is 1.49. The van der Waals surface area contributed by atoms with Crippen LogP contribution in [0.5, 0.6) is 0 Å². The molecule has 1 amide bonds. The maximum atomic E-state index is 13.2. The molecule has 1 atom stereocenters. The van der Waals surface area contributed by atoms with Crippen LogP contribution in [0.1, 0.15) is 66.2 Å². The van der Waals surface area contributed by atoms with Gasteiger partial charge in [0, 0.05) is 43.7 Å². The average Bonchev–Trinajstić information content (AvgIpc) is 3.29. The lowest BCUT2D eigenvalue weighted by Crippen LogP contribution is -2.50. The Kier molecular flexibility index (Phi) is 9.56. The predicted molar refractivity (Wildman–Crippen MR) is 132 cm³/mol. The summed E-state index contributed by atoms with van der Waals surface area (Å²) < 4.78 is 26.5. The number of likely N-dealkylation sites (tertiary alicyclic amines) is 1. The third-order valence-electron chi connectivity index (χ3n) is 6.64. The molecule has 1 saturated heterocycles. The lowest BCUT2D eigenvalue weighted by molar-refractivity contribution is -0.147. The van der Waals surface area contributed by atoms with Gasteiger partial charge >= 0.3 is 6.43 Å². The van der Waals surface area contributed by atoms with Crippen LogP contribution < -0.4 is 0 Å². The molecular weight excluding hydrogens is 480 g/mol. The highest BCUT2D eigenvalue weighted by Crippen LogP contribution is 2.25. The summed E-state index contributed by atoms with van der Waals surface area (Å²) in [5.41, 5.74) is 3.06. The third-order valence-corrected chi connectivity index (χ3v) is 7.56. The summed E-state index contributed by atoms with van der Waals surface area (Å²) >= 11 is 7.47. The molecule has 0 N–H and O–H groups in total. The van der Waals surface area contributed by atoms with Crippen LogP contribution in [-0.2, 0) is 11.3 Å². The quantitative estimate of drug-likeness (QED) is 0.294. The zero-order valence-corrected chi connectivity index (χ0v) is 21.5. The minimum absolute atomic E-state index is 0.0830. The maximum absolute atomic E-state index is 13.2. The van der Waals surface area contributed by atoms with E-state index in [0.717, 1.165) is 37.1 Å². The van der Waals surface area contributed by atoms with E-state index in [9.17, 15) is 18.4 Å². The Hall–Kier alpha value is -1.90. The molecule has 3 heterocycles. The second-order valence-corrected chi connectivity index (χ2v) is 10.2. The van der Waals surface area contributed by atoms with E-state index in [0.29, 0.717) is 35.7 Å². The molecular formula is C25H32ClF2N3O2S. The first-order valence-electron chi connectivity index (χ1n) is 11.7. The van der Waals surface area contributed by atoms with Crippen LogP contribution in [0.3, 0.4) is 0 Å². The summed E-state index contributed by atoms with van der Waals surface area (Å²) in [6.07, 6.45) is 0.417. The number of nitrogens with zero attached hydrogens (tertiary/aromatic N) is 3. The molecule has 3 rings (SSSR count). The summed E-state index contributed by atoms with van der Waals surface area (Å²) in [5.74, 6) is -1.00. The number of hydrogen-bond donors (Lipinski definition) is 0. The topological polar surface area (TPSA) is 53.5 Å². The van der Waals surface area contributed by atoms with Crippen LogP contribution >= 0.6 is 22.9 Å². The van der Waals surface area contributed by atoms with E-state index in [2.05, 4.69) is 16.8 Å². The number of thiophene rings is 1. The van der Waals surface area contributed by atoms with Crippen molar-refractivity contribution >= 4 is 34.6 Å². The van der Waals surface area contributed by atoms with Crippen molar-refractivity contribution in [3.05, 3.63) is 50.4 Å². The van der Waals surface area contributed by atoms with Gasteiger partial charge in [-0.2, -0.15) is 20.1 Å². The van der Waals surface area contributed by atoms with Crippen molar-refractivity contribution in [3.8, 4) is 0 Å². The number of aryl methyl sites for hydroxylation is 2. The van der Waals surface area contributed by atoms with Gasteiger partial charge in [-0.3, -0.25) is 9.59 Å². The van der Waals surface area contributed by atoms with Gasteiger partial charge in [-0.25, -0.2) is 4.98 Å². The first kappa shape index (κ1) is 26.7. The number of pyridine rings is 1. The molecule has 0 aromatic carbocycles. The average molecular weight is 512 g/mol. The fraction of sp³-hybridized carbons (Fsp3) is 0.560. The molecule has 1 aliphatic heterocycles. The molecule has 9 heteroatoms. The number of rotatable bonds is 10. The van der Waals surface area contributed by atoms with Crippen molar-refractivity contribution in [1.29, 1.82) is 0 Å². The van der Waals surface area contributed by atoms with Gasteiger partial charge in [-0.05, 0) is 80.5 Å². The van der Waals surface area contributed by atoms with E-state index < -0.39 is 12.3 Å². The fourth-order valence-electron chi connectivity index (χ4n) is 4.80. The minimum Gasteiger partial charge on any atom is -0.330 e. The number of halogens is 3. The third kappa shape index (κ3) is 6.83. The van der Waals surface area contributed by atoms with Crippen LogP contribution in [0.15, 0.2) is 22.9 Å².